The van der Waals surface area contributed by atoms with Gasteiger partial charge in [0.25, 0.3) is 0 Å². The molecule has 0 nitrogen and oxygen atoms in total. The van der Waals surface area contributed by atoms with E-state index in [1.54, 1.807) is 0 Å². The minimum atomic E-state index is 0.762. The fourth-order valence-corrected chi connectivity index (χ4v) is 2.42. The first-order valence-corrected chi connectivity index (χ1v) is 7.30. The number of alkyl halides is 1. The van der Waals surface area contributed by atoms with Crippen LogP contribution < -0.4 is 0 Å². The fraction of sp³-hybridized carbons (Fsp3) is 1.00. The van der Waals surface area contributed by atoms with Gasteiger partial charge in [-0.1, -0.05) is 59.3 Å². The molecule has 0 saturated carbocycles. The predicted octanol–water partition coefficient (Wildman–Crippen LogP) is 5.64. The summed E-state index contributed by atoms with van der Waals surface area (Å²) in [7, 11) is 0. The molecule has 0 aliphatic carbocycles. The largest absolute Gasteiger partial charge is 0.126 e. The SMILES string of the molecule is CCCCCCCCC(CCl)CC(C)C. The van der Waals surface area contributed by atoms with E-state index in [4.69, 9.17) is 11.6 Å². The second-order valence-electron chi connectivity index (χ2n) is 5.21. The van der Waals surface area contributed by atoms with E-state index in [9.17, 15) is 0 Å². The molecule has 0 aliphatic rings. The van der Waals surface area contributed by atoms with E-state index in [2.05, 4.69) is 20.8 Å². The first-order chi connectivity index (χ1) is 7.20. The van der Waals surface area contributed by atoms with Crippen molar-refractivity contribution in [2.45, 2.75) is 72.1 Å². The quantitative estimate of drug-likeness (QED) is 0.338. The molecule has 0 aliphatic heterocycles. The molecule has 0 N–H and O–H groups in total. The first-order valence-electron chi connectivity index (χ1n) is 6.76. The highest BCUT2D eigenvalue weighted by atomic mass is 35.5. The second-order valence-corrected chi connectivity index (χ2v) is 5.51. The average molecular weight is 233 g/mol. The molecule has 0 amide bonds. The maximum absolute atomic E-state index is 5.97. The van der Waals surface area contributed by atoms with Gasteiger partial charge in [-0.15, -0.1) is 11.6 Å². The van der Waals surface area contributed by atoms with Crippen molar-refractivity contribution in [1.82, 2.24) is 0 Å². The fourth-order valence-electron chi connectivity index (χ4n) is 2.14. The maximum Gasteiger partial charge on any atom is 0.0251 e. The van der Waals surface area contributed by atoms with Crippen LogP contribution in [-0.2, 0) is 0 Å². The molecule has 0 saturated heterocycles. The zero-order valence-electron chi connectivity index (χ0n) is 10.9. The monoisotopic (exact) mass is 232 g/mol. The summed E-state index contributed by atoms with van der Waals surface area (Å²) in [6, 6.07) is 0. The van der Waals surface area contributed by atoms with E-state index in [1.165, 1.54) is 51.4 Å². The Hall–Kier alpha value is 0.290. The highest BCUT2D eigenvalue weighted by Crippen LogP contribution is 2.20. The molecule has 1 atom stereocenters. The van der Waals surface area contributed by atoms with E-state index >= 15 is 0 Å². The Morgan fingerprint density at radius 1 is 0.933 bits per heavy atom. The van der Waals surface area contributed by atoms with Gasteiger partial charge in [0.15, 0.2) is 0 Å². The Labute approximate surface area is 102 Å². The van der Waals surface area contributed by atoms with E-state index in [1.807, 2.05) is 0 Å². The van der Waals surface area contributed by atoms with E-state index in [-0.39, 0.29) is 0 Å². The first kappa shape index (κ1) is 15.3. The maximum atomic E-state index is 5.97. The number of unbranched alkanes of at least 4 members (excludes halogenated alkanes) is 5. The highest BCUT2D eigenvalue weighted by Gasteiger charge is 2.08. The Morgan fingerprint density at radius 3 is 2.07 bits per heavy atom. The van der Waals surface area contributed by atoms with Crippen LogP contribution in [0.1, 0.15) is 72.1 Å². The van der Waals surface area contributed by atoms with Crippen molar-refractivity contribution >= 4 is 11.6 Å². The van der Waals surface area contributed by atoms with Gasteiger partial charge in [0, 0.05) is 5.88 Å². The van der Waals surface area contributed by atoms with Crippen molar-refractivity contribution < 1.29 is 0 Å². The van der Waals surface area contributed by atoms with E-state index in [0.717, 1.165) is 17.7 Å². The minimum absolute atomic E-state index is 0.762. The number of halogens is 1. The topological polar surface area (TPSA) is 0 Å². The van der Waals surface area contributed by atoms with Crippen LogP contribution in [0.15, 0.2) is 0 Å². The summed E-state index contributed by atoms with van der Waals surface area (Å²) in [6.07, 6.45) is 11.0. The average Bonchev–Trinajstić information content (AvgIpc) is 2.20. The lowest BCUT2D eigenvalue weighted by atomic mass is 9.93. The third kappa shape index (κ3) is 10.6. The van der Waals surface area contributed by atoms with Crippen LogP contribution in [0.4, 0.5) is 0 Å². The molecule has 0 aromatic carbocycles. The Bertz CT molecular complexity index is 121. The molecule has 0 radical (unpaired) electrons. The van der Waals surface area contributed by atoms with Crippen molar-refractivity contribution in [3.63, 3.8) is 0 Å². The van der Waals surface area contributed by atoms with Crippen LogP contribution in [0.2, 0.25) is 0 Å². The Kier molecular flexibility index (Phi) is 11.0. The minimum Gasteiger partial charge on any atom is -0.126 e. The van der Waals surface area contributed by atoms with Gasteiger partial charge in [-0.3, -0.25) is 0 Å². The molecule has 0 spiro atoms. The molecule has 92 valence electrons. The molecule has 0 aromatic heterocycles. The zero-order valence-corrected chi connectivity index (χ0v) is 11.7. The van der Waals surface area contributed by atoms with Gasteiger partial charge in [-0.05, 0) is 24.7 Å². The van der Waals surface area contributed by atoms with Gasteiger partial charge in [0.1, 0.15) is 0 Å². The van der Waals surface area contributed by atoms with Crippen molar-refractivity contribution in [3.05, 3.63) is 0 Å². The molecule has 0 rings (SSSR count). The molecule has 0 bridgehead atoms. The molecular weight excluding hydrogens is 204 g/mol. The predicted molar refractivity (Wildman–Crippen MR) is 71.7 cm³/mol. The summed E-state index contributed by atoms with van der Waals surface area (Å²) in [5, 5.41) is 0. The third-order valence-corrected chi connectivity index (χ3v) is 3.43. The highest BCUT2D eigenvalue weighted by molar-refractivity contribution is 6.18. The van der Waals surface area contributed by atoms with Crippen molar-refractivity contribution in [2.75, 3.05) is 5.88 Å². The second kappa shape index (κ2) is 10.8. The zero-order chi connectivity index (χ0) is 11.5. The third-order valence-electron chi connectivity index (χ3n) is 2.99. The van der Waals surface area contributed by atoms with Crippen molar-refractivity contribution in [1.29, 1.82) is 0 Å². The van der Waals surface area contributed by atoms with Crippen LogP contribution in [0.5, 0.6) is 0 Å². The van der Waals surface area contributed by atoms with Crippen LogP contribution in [0.25, 0.3) is 0 Å². The Balaban J connectivity index is 3.30. The van der Waals surface area contributed by atoms with Crippen LogP contribution in [0.3, 0.4) is 0 Å². The lowest BCUT2D eigenvalue weighted by Gasteiger charge is -2.15. The van der Waals surface area contributed by atoms with Gasteiger partial charge in [-0.2, -0.15) is 0 Å². The molecule has 0 aromatic rings. The summed E-state index contributed by atoms with van der Waals surface area (Å²) in [6.45, 7) is 6.85. The van der Waals surface area contributed by atoms with E-state index < -0.39 is 0 Å². The Morgan fingerprint density at radius 2 is 1.53 bits per heavy atom. The number of rotatable bonds is 10. The number of hydrogen-bond donors (Lipinski definition) is 0. The van der Waals surface area contributed by atoms with Gasteiger partial charge in [0.05, 0.1) is 0 Å². The smallest absolute Gasteiger partial charge is 0.0251 e. The van der Waals surface area contributed by atoms with Gasteiger partial charge in [0.2, 0.25) is 0 Å². The summed E-state index contributed by atoms with van der Waals surface area (Å²) in [5.41, 5.74) is 0. The molecule has 1 heteroatoms. The van der Waals surface area contributed by atoms with Crippen molar-refractivity contribution in [2.24, 2.45) is 11.8 Å². The summed E-state index contributed by atoms with van der Waals surface area (Å²) >= 11 is 5.97. The van der Waals surface area contributed by atoms with Crippen LogP contribution in [0, 0.1) is 11.8 Å². The molecule has 0 fully saturated rings. The summed E-state index contributed by atoms with van der Waals surface area (Å²) < 4.78 is 0. The lowest BCUT2D eigenvalue weighted by molar-refractivity contribution is 0.401. The van der Waals surface area contributed by atoms with E-state index in [0.29, 0.717) is 0 Å². The van der Waals surface area contributed by atoms with Crippen LogP contribution >= 0.6 is 11.6 Å². The molecular formula is C14H29Cl. The van der Waals surface area contributed by atoms with Gasteiger partial charge >= 0.3 is 0 Å². The number of hydrogen-bond acceptors (Lipinski definition) is 0. The summed E-state index contributed by atoms with van der Waals surface area (Å²) in [4.78, 5) is 0. The molecule has 1 unspecified atom stereocenters. The van der Waals surface area contributed by atoms with Crippen LogP contribution in [-0.4, -0.2) is 5.88 Å². The van der Waals surface area contributed by atoms with Crippen molar-refractivity contribution in [3.8, 4) is 0 Å². The standard InChI is InChI=1S/C14H29Cl/c1-4-5-6-7-8-9-10-14(12-15)11-13(2)3/h13-14H,4-12H2,1-3H3. The lowest BCUT2D eigenvalue weighted by Crippen LogP contribution is -2.06. The van der Waals surface area contributed by atoms with Gasteiger partial charge < -0.3 is 0 Å². The van der Waals surface area contributed by atoms with Gasteiger partial charge in [-0.25, -0.2) is 0 Å². The molecule has 0 heterocycles. The normalized spacial score (nSPS) is 13.4. The summed E-state index contributed by atoms with van der Waals surface area (Å²) in [5.74, 6) is 2.42. The molecule has 15 heavy (non-hydrogen) atoms.